The topological polar surface area (TPSA) is 121 Å². The molecule has 0 bridgehead atoms. The van der Waals surface area contributed by atoms with Crippen molar-refractivity contribution in [3.8, 4) is 0 Å². The van der Waals surface area contributed by atoms with E-state index in [1.54, 1.807) is 0 Å². The minimum Gasteiger partial charge on any atom is -0.822 e. The molecule has 0 heterocycles. The number of hydrogen-bond donors (Lipinski definition) is 1. The molecule has 0 amide bonds. The molecule has 0 saturated carbocycles. The van der Waals surface area contributed by atoms with E-state index < -0.39 is 7.82 Å². The molecule has 0 fully saturated rings. The van der Waals surface area contributed by atoms with Crippen molar-refractivity contribution >= 4 is 30.9 Å². The monoisotopic (exact) mass is 159 g/mol. The van der Waals surface area contributed by atoms with Gasteiger partial charge in [-0.05, 0) is 0 Å². The van der Waals surface area contributed by atoms with Crippen LogP contribution in [0.4, 0.5) is 0 Å². The van der Waals surface area contributed by atoms with Crippen molar-refractivity contribution in [3.05, 3.63) is 0 Å². The van der Waals surface area contributed by atoms with Gasteiger partial charge in [0.1, 0.15) is 0 Å². The number of phosphoric acid groups is 1. The normalized spacial score (nSPS) is 7.38. The molecule has 40 valence electrons. The molecule has 3 N–H and O–H groups in total. The molecule has 0 radical (unpaired) electrons. The Hall–Kier alpha value is 1.84. The molecule has 0 aromatic carbocycles. The van der Waals surface area contributed by atoms with E-state index in [1.807, 2.05) is 0 Å². The second kappa shape index (κ2) is 8.84. The van der Waals surface area contributed by atoms with Crippen molar-refractivity contribution in [2.45, 2.75) is 0 Å². The van der Waals surface area contributed by atoms with Crippen LogP contribution in [-0.4, -0.2) is 23.1 Å². The Labute approximate surface area is 85.1 Å². The first-order valence-corrected chi connectivity index (χ1v) is 2.19. The van der Waals surface area contributed by atoms with Crippen LogP contribution in [0.25, 0.3) is 0 Å². The van der Waals surface area contributed by atoms with Crippen LogP contribution in [0.1, 0.15) is 0 Å². The molecule has 5 nitrogen and oxygen atoms in total. The van der Waals surface area contributed by atoms with Crippen molar-refractivity contribution in [2.75, 3.05) is 0 Å². The summed E-state index contributed by atoms with van der Waals surface area (Å²) < 4.78 is 8.55. The Balaban J connectivity index is -0.0000000267. The zero-order chi connectivity index (χ0) is 4.50. The van der Waals surface area contributed by atoms with E-state index >= 15 is 0 Å². The van der Waals surface area contributed by atoms with Crippen LogP contribution in [0.2, 0.25) is 0 Å². The van der Waals surface area contributed by atoms with Crippen LogP contribution in [0.5, 0.6) is 0 Å². The van der Waals surface area contributed by atoms with E-state index in [1.165, 1.54) is 0 Å². The summed E-state index contributed by atoms with van der Waals surface area (Å²) in [7, 11) is -5.39. The van der Waals surface area contributed by atoms with E-state index in [4.69, 9.17) is 19.2 Å². The van der Waals surface area contributed by atoms with Gasteiger partial charge in [0, 0.05) is 0 Å². The number of rotatable bonds is 0. The Morgan fingerprint density at radius 1 is 1.12 bits per heavy atom. The van der Waals surface area contributed by atoms with Crippen LogP contribution in [-0.2, 0) is 4.57 Å². The van der Waals surface area contributed by atoms with Gasteiger partial charge in [-0.2, -0.15) is 7.82 Å². The molecule has 0 unspecified atom stereocenters. The molecule has 0 aliphatic heterocycles. The van der Waals surface area contributed by atoms with Gasteiger partial charge in [-0.3, -0.25) is 0 Å². The summed E-state index contributed by atoms with van der Waals surface area (Å²) >= 11 is 0. The SMILES string of the molecule is N.O=P([O-])([O-])[O-].[Mg+2].[Na+]. The molecule has 0 rings (SSSR count). The fourth-order valence-corrected chi connectivity index (χ4v) is 0. The molecular formula is H3MgNNaO4P. The minimum atomic E-state index is -5.39. The third-order valence-electron chi connectivity index (χ3n) is 0. The molecule has 0 aliphatic carbocycles. The second-order valence-corrected chi connectivity index (χ2v) is 1.34. The van der Waals surface area contributed by atoms with Gasteiger partial charge >= 0.3 is 52.6 Å². The van der Waals surface area contributed by atoms with Gasteiger partial charge in [0.05, 0.1) is 0 Å². The molecule has 0 aromatic rings. The summed E-state index contributed by atoms with van der Waals surface area (Å²) in [6.07, 6.45) is 0. The maximum absolute atomic E-state index is 8.55. The fraction of sp³-hybridized carbons (Fsp3) is 0. The van der Waals surface area contributed by atoms with Gasteiger partial charge in [-0.1, -0.05) is 0 Å². The second-order valence-electron chi connectivity index (χ2n) is 0.447. The number of hydrogen-bond acceptors (Lipinski definition) is 5. The minimum absolute atomic E-state index is 0. The molecule has 0 aliphatic rings. The first kappa shape index (κ1) is 22.5. The average molecular weight is 159 g/mol. The van der Waals surface area contributed by atoms with Crippen LogP contribution >= 0.6 is 7.82 Å². The van der Waals surface area contributed by atoms with Crippen molar-refractivity contribution in [2.24, 2.45) is 0 Å². The maximum Gasteiger partial charge on any atom is 2.00 e. The predicted molar refractivity (Wildman–Crippen MR) is 18.4 cm³/mol. The van der Waals surface area contributed by atoms with E-state index in [0.717, 1.165) is 0 Å². The standard InChI is InChI=1S/Mg.H3N.Na.H3O4P/c;;;1-5(2,3)4/h;1H3;;(H3,1,2,3,4)/q+2;;+1;/p-3. The Kier molecular flexibility index (Phi) is 24.9. The van der Waals surface area contributed by atoms with Crippen molar-refractivity contribution < 1.29 is 48.8 Å². The summed E-state index contributed by atoms with van der Waals surface area (Å²) in [5.74, 6) is 0. The molecule has 0 atom stereocenters. The zero-order valence-electron chi connectivity index (χ0n) is 4.49. The predicted octanol–water partition coefficient (Wildman–Crippen LogP) is -6.04. The molecule has 8 heteroatoms. The summed E-state index contributed by atoms with van der Waals surface area (Å²) in [4.78, 5) is 25.6. The smallest absolute Gasteiger partial charge is 0.822 e. The van der Waals surface area contributed by atoms with E-state index in [9.17, 15) is 0 Å². The molecular weight excluding hydrogens is 156 g/mol. The van der Waals surface area contributed by atoms with Crippen LogP contribution in [0.3, 0.4) is 0 Å². The zero-order valence-corrected chi connectivity index (χ0v) is 8.80. The van der Waals surface area contributed by atoms with E-state index in [2.05, 4.69) is 0 Å². The molecule has 8 heavy (non-hydrogen) atoms. The fourth-order valence-electron chi connectivity index (χ4n) is 0. The quantitative estimate of drug-likeness (QED) is 0.278. The summed E-state index contributed by atoms with van der Waals surface area (Å²) in [6.45, 7) is 0. The first-order chi connectivity index (χ1) is 2.00. The van der Waals surface area contributed by atoms with Gasteiger partial charge in [-0.25, -0.2) is 0 Å². The van der Waals surface area contributed by atoms with Gasteiger partial charge < -0.3 is 25.4 Å². The van der Waals surface area contributed by atoms with Gasteiger partial charge in [0.25, 0.3) is 0 Å². The Bertz CT molecular complexity index is 62.2. The Morgan fingerprint density at radius 2 is 1.12 bits per heavy atom. The first-order valence-electron chi connectivity index (χ1n) is 0.730. The third-order valence-corrected chi connectivity index (χ3v) is 0. The van der Waals surface area contributed by atoms with Crippen molar-refractivity contribution in [1.82, 2.24) is 6.15 Å². The van der Waals surface area contributed by atoms with Crippen molar-refractivity contribution in [3.63, 3.8) is 0 Å². The average Bonchev–Trinajstić information content (AvgIpc) is 0.722. The summed E-state index contributed by atoms with van der Waals surface area (Å²) in [5, 5.41) is 0. The molecule has 0 aromatic heterocycles. The van der Waals surface area contributed by atoms with Gasteiger partial charge in [0.15, 0.2) is 0 Å². The van der Waals surface area contributed by atoms with E-state index in [0.29, 0.717) is 0 Å². The summed E-state index contributed by atoms with van der Waals surface area (Å²) in [6, 6.07) is 0. The Morgan fingerprint density at radius 3 is 1.12 bits per heavy atom. The molecule has 0 spiro atoms. The largest absolute Gasteiger partial charge is 2.00 e. The molecule has 0 saturated heterocycles. The van der Waals surface area contributed by atoms with Crippen molar-refractivity contribution in [1.29, 1.82) is 0 Å². The third kappa shape index (κ3) is 109. The van der Waals surface area contributed by atoms with E-state index in [-0.39, 0.29) is 58.8 Å². The van der Waals surface area contributed by atoms with Gasteiger partial charge in [-0.15, -0.1) is 0 Å². The van der Waals surface area contributed by atoms with Crippen LogP contribution in [0.15, 0.2) is 0 Å². The summed E-state index contributed by atoms with van der Waals surface area (Å²) in [5.41, 5.74) is 0. The van der Waals surface area contributed by atoms with Crippen LogP contribution < -0.4 is 50.4 Å². The maximum atomic E-state index is 8.55. The van der Waals surface area contributed by atoms with Crippen LogP contribution in [0, 0.1) is 0 Å². The van der Waals surface area contributed by atoms with Gasteiger partial charge in [0.2, 0.25) is 0 Å².